The molecule has 74 valence electrons. The smallest absolute Gasteiger partial charge is 0.207 e. The quantitative estimate of drug-likeness (QED) is 0.623. The zero-order valence-electron chi connectivity index (χ0n) is 7.40. The first-order valence-electron chi connectivity index (χ1n) is 4.25. The van der Waals surface area contributed by atoms with E-state index >= 15 is 0 Å². The van der Waals surface area contributed by atoms with Crippen molar-refractivity contribution in [1.82, 2.24) is 20.2 Å². The Kier molecular flexibility index (Phi) is 1.93. The molecule has 3 rings (SSSR count). The zero-order valence-corrected chi connectivity index (χ0v) is 9.88. The van der Waals surface area contributed by atoms with E-state index in [4.69, 9.17) is 0 Å². The van der Waals surface area contributed by atoms with Crippen LogP contribution in [0.1, 0.15) is 0 Å². The van der Waals surface area contributed by atoms with Gasteiger partial charge in [0, 0.05) is 9.86 Å². The second kappa shape index (κ2) is 3.18. The Morgan fingerprint density at radius 2 is 2.13 bits per heavy atom. The van der Waals surface area contributed by atoms with Crippen molar-refractivity contribution in [2.45, 2.75) is 5.16 Å². The molecule has 1 N–H and O–H groups in total. The van der Waals surface area contributed by atoms with Gasteiger partial charge in [-0.3, -0.25) is 0 Å². The molecule has 2 aromatic heterocycles. The van der Waals surface area contributed by atoms with Gasteiger partial charge in [-0.2, -0.15) is 0 Å². The average molecular weight is 281 g/mol. The van der Waals surface area contributed by atoms with Crippen molar-refractivity contribution in [3.8, 4) is 0 Å². The molecule has 0 spiro atoms. The third-order valence-corrected chi connectivity index (χ3v) is 3.04. The summed E-state index contributed by atoms with van der Waals surface area (Å²) in [6, 6.07) is 5.90. The zero-order chi connectivity index (χ0) is 10.4. The molecule has 2 heterocycles. The summed E-state index contributed by atoms with van der Waals surface area (Å²) in [6.07, 6.45) is 0. The summed E-state index contributed by atoms with van der Waals surface area (Å²) in [4.78, 5) is 7.35. The minimum atomic E-state index is 0.366. The van der Waals surface area contributed by atoms with Gasteiger partial charge in [0.2, 0.25) is 5.16 Å². The van der Waals surface area contributed by atoms with Crippen molar-refractivity contribution in [3.05, 3.63) is 22.7 Å². The fraction of sp³-hybridized carbons (Fsp3) is 0. The van der Waals surface area contributed by atoms with Gasteiger partial charge in [0.1, 0.15) is 5.52 Å². The summed E-state index contributed by atoms with van der Waals surface area (Å²) in [6.45, 7) is 0. The first-order chi connectivity index (χ1) is 7.25. The third kappa shape index (κ3) is 1.32. The van der Waals surface area contributed by atoms with Crippen LogP contribution in [0.4, 0.5) is 0 Å². The molecular weight excluding hydrogens is 276 g/mol. The highest BCUT2D eigenvalue weighted by Crippen LogP contribution is 2.27. The Morgan fingerprint density at radius 1 is 1.27 bits per heavy atom. The second-order valence-electron chi connectivity index (χ2n) is 3.10. The molecule has 0 fully saturated rings. The average Bonchev–Trinajstić information content (AvgIpc) is 2.57. The molecule has 1 aromatic carbocycles. The molecule has 4 nitrogen and oxygen atoms in total. The number of benzene rings is 1. The number of aromatic nitrogens is 4. The summed E-state index contributed by atoms with van der Waals surface area (Å²) in [5.74, 6) is 0. The van der Waals surface area contributed by atoms with Crippen LogP contribution in [0.3, 0.4) is 0 Å². The van der Waals surface area contributed by atoms with Crippen molar-refractivity contribution in [2.24, 2.45) is 0 Å². The number of fused-ring (bicyclic) bond motifs is 3. The van der Waals surface area contributed by atoms with Crippen molar-refractivity contribution in [3.63, 3.8) is 0 Å². The van der Waals surface area contributed by atoms with Crippen molar-refractivity contribution < 1.29 is 0 Å². The van der Waals surface area contributed by atoms with Crippen LogP contribution in [0.5, 0.6) is 0 Å². The summed E-state index contributed by atoms with van der Waals surface area (Å²) < 4.78 is 0.987. The molecule has 0 amide bonds. The highest BCUT2D eigenvalue weighted by Gasteiger charge is 2.09. The van der Waals surface area contributed by atoms with Gasteiger partial charge in [-0.15, -0.1) is 22.8 Å². The van der Waals surface area contributed by atoms with Crippen LogP contribution in [-0.2, 0) is 0 Å². The summed E-state index contributed by atoms with van der Waals surface area (Å²) >= 11 is 7.52. The van der Waals surface area contributed by atoms with Crippen LogP contribution in [0, 0.1) is 0 Å². The van der Waals surface area contributed by atoms with Gasteiger partial charge in [-0.25, -0.2) is 4.98 Å². The van der Waals surface area contributed by atoms with Crippen LogP contribution >= 0.6 is 28.6 Å². The summed E-state index contributed by atoms with van der Waals surface area (Å²) in [5, 5.41) is 9.27. The number of H-pyrrole nitrogens is 1. The number of para-hydroxylation sites is 1. The van der Waals surface area contributed by atoms with Gasteiger partial charge in [-0.1, -0.05) is 12.1 Å². The normalized spacial score (nSPS) is 11.3. The van der Waals surface area contributed by atoms with Gasteiger partial charge in [0.25, 0.3) is 0 Å². The maximum absolute atomic E-state index is 4.17. The van der Waals surface area contributed by atoms with Gasteiger partial charge < -0.3 is 4.98 Å². The third-order valence-electron chi connectivity index (χ3n) is 2.19. The summed E-state index contributed by atoms with van der Waals surface area (Å²) in [7, 11) is 0. The predicted octanol–water partition coefficient (Wildman–Crippen LogP) is 2.56. The van der Waals surface area contributed by atoms with Gasteiger partial charge >= 0.3 is 0 Å². The highest BCUT2D eigenvalue weighted by atomic mass is 79.9. The van der Waals surface area contributed by atoms with E-state index in [1.165, 1.54) is 0 Å². The SMILES string of the molecule is Sc1nnc2c(n1)[nH]c1c(Br)cccc12. The molecule has 6 heteroatoms. The molecule has 0 aliphatic heterocycles. The molecule has 15 heavy (non-hydrogen) atoms. The number of hydrogen-bond donors (Lipinski definition) is 2. The molecule has 0 aliphatic rings. The van der Waals surface area contributed by atoms with E-state index in [1.807, 2.05) is 18.2 Å². The minimum absolute atomic E-state index is 0.366. The Balaban J connectivity index is 2.57. The van der Waals surface area contributed by atoms with Crippen LogP contribution in [-0.4, -0.2) is 20.2 Å². The molecular formula is C9H5BrN4S. The lowest BCUT2D eigenvalue weighted by Crippen LogP contribution is -1.87. The maximum Gasteiger partial charge on any atom is 0.207 e. The largest absolute Gasteiger partial charge is 0.337 e. The molecule has 0 unspecified atom stereocenters. The number of halogens is 1. The first kappa shape index (κ1) is 9.11. The van der Waals surface area contributed by atoms with Crippen LogP contribution in [0.25, 0.3) is 22.1 Å². The number of aromatic amines is 1. The monoisotopic (exact) mass is 280 g/mol. The van der Waals surface area contributed by atoms with E-state index in [1.54, 1.807) is 0 Å². The molecule has 0 atom stereocenters. The van der Waals surface area contributed by atoms with E-state index in [-0.39, 0.29) is 0 Å². The molecule has 0 bridgehead atoms. The van der Waals surface area contributed by atoms with Gasteiger partial charge in [0.05, 0.1) is 5.52 Å². The lowest BCUT2D eigenvalue weighted by Gasteiger charge is -1.91. The molecule has 0 aliphatic carbocycles. The number of rotatable bonds is 0. The van der Waals surface area contributed by atoms with E-state index in [0.29, 0.717) is 10.8 Å². The number of nitrogens with one attached hydrogen (secondary N) is 1. The van der Waals surface area contributed by atoms with Crippen molar-refractivity contribution >= 4 is 50.6 Å². The molecule has 3 aromatic rings. The Bertz CT molecular complexity index is 664. The van der Waals surface area contributed by atoms with Crippen molar-refractivity contribution in [2.75, 3.05) is 0 Å². The molecule has 0 saturated carbocycles. The fourth-order valence-electron chi connectivity index (χ4n) is 1.55. The first-order valence-corrected chi connectivity index (χ1v) is 5.49. The number of thiol groups is 1. The number of hydrogen-bond acceptors (Lipinski definition) is 4. The number of nitrogens with zero attached hydrogens (tertiary/aromatic N) is 3. The Hall–Kier alpha value is -1.14. The predicted molar refractivity (Wildman–Crippen MR) is 64.1 cm³/mol. The van der Waals surface area contributed by atoms with E-state index in [0.717, 1.165) is 20.9 Å². The Morgan fingerprint density at radius 3 is 3.00 bits per heavy atom. The lowest BCUT2D eigenvalue weighted by molar-refractivity contribution is 0.883. The van der Waals surface area contributed by atoms with E-state index in [9.17, 15) is 0 Å². The standard InChI is InChI=1S/C9H5BrN4S/c10-5-3-1-2-4-6(5)11-8-7(4)13-14-9(15)12-8/h1-3H,(H2,11,12,14,15). The lowest BCUT2D eigenvalue weighted by atomic mass is 10.2. The topological polar surface area (TPSA) is 54.5 Å². The van der Waals surface area contributed by atoms with Gasteiger partial charge in [0.15, 0.2) is 5.65 Å². The summed E-state index contributed by atoms with van der Waals surface area (Å²) in [5.41, 5.74) is 2.45. The fourth-order valence-corrected chi connectivity index (χ4v) is 2.16. The molecule has 0 radical (unpaired) electrons. The van der Waals surface area contributed by atoms with E-state index < -0.39 is 0 Å². The minimum Gasteiger partial charge on any atom is -0.337 e. The Labute approximate surface area is 98.7 Å². The van der Waals surface area contributed by atoms with Gasteiger partial charge in [-0.05, 0) is 22.0 Å². The van der Waals surface area contributed by atoms with Crippen LogP contribution in [0.2, 0.25) is 0 Å². The van der Waals surface area contributed by atoms with Crippen LogP contribution < -0.4 is 0 Å². The maximum atomic E-state index is 4.17. The van der Waals surface area contributed by atoms with E-state index in [2.05, 4.69) is 48.7 Å². The second-order valence-corrected chi connectivity index (χ2v) is 4.35. The molecule has 0 saturated heterocycles. The van der Waals surface area contributed by atoms with Crippen LogP contribution in [0.15, 0.2) is 27.8 Å². The highest BCUT2D eigenvalue weighted by molar-refractivity contribution is 9.10. The van der Waals surface area contributed by atoms with Crippen molar-refractivity contribution in [1.29, 1.82) is 0 Å².